The number of amides is 2. The van der Waals surface area contributed by atoms with E-state index in [1.54, 1.807) is 29.2 Å². The Morgan fingerprint density at radius 2 is 1.88 bits per heavy atom. The standard InChI is InChI=1S/C24H22ClN3O4S/c25-18-6-3-15(4-7-18)23(30)28-9-1-2-17(13-28)22(29)27-24-26-19(14-33-24)16-5-8-20-21(12-16)32-11-10-31-20/h3-8,12,14,17H,1-2,9-11,13H2,(H,26,27,29)/t17-/m1/s1. The van der Waals surface area contributed by atoms with Crippen LogP contribution in [0.5, 0.6) is 11.5 Å². The molecule has 1 atom stereocenters. The van der Waals surface area contributed by atoms with Gasteiger partial charge in [-0.25, -0.2) is 4.98 Å². The molecule has 1 N–H and O–H groups in total. The molecular formula is C24H22ClN3O4S. The predicted octanol–water partition coefficient (Wildman–Crippen LogP) is 4.73. The summed E-state index contributed by atoms with van der Waals surface area (Å²) >= 11 is 7.29. The zero-order valence-corrected chi connectivity index (χ0v) is 19.3. The first kappa shape index (κ1) is 21.7. The summed E-state index contributed by atoms with van der Waals surface area (Å²) in [6.45, 7) is 2.08. The lowest BCUT2D eigenvalue weighted by atomic mass is 9.96. The number of ether oxygens (including phenoxy) is 2. The minimum atomic E-state index is -0.281. The number of fused-ring (bicyclic) bond motifs is 1. The van der Waals surface area contributed by atoms with E-state index in [0.717, 1.165) is 29.8 Å². The number of halogens is 1. The van der Waals surface area contributed by atoms with Crippen molar-refractivity contribution in [2.45, 2.75) is 12.8 Å². The van der Waals surface area contributed by atoms with Gasteiger partial charge < -0.3 is 19.7 Å². The molecule has 0 bridgehead atoms. The maximum Gasteiger partial charge on any atom is 0.253 e. The molecule has 2 aliphatic rings. The van der Waals surface area contributed by atoms with Crippen LogP contribution in [0.1, 0.15) is 23.2 Å². The van der Waals surface area contributed by atoms with Crippen LogP contribution in [0.15, 0.2) is 47.8 Å². The van der Waals surface area contributed by atoms with Crippen molar-refractivity contribution < 1.29 is 19.1 Å². The SMILES string of the molecule is O=C(Nc1nc(-c2ccc3c(c2)OCCO3)cs1)[C@@H]1CCCN(C(=O)c2ccc(Cl)cc2)C1. The minimum absolute atomic E-state index is 0.0840. The van der Waals surface area contributed by atoms with Crippen LogP contribution >= 0.6 is 22.9 Å². The number of piperidine rings is 1. The van der Waals surface area contributed by atoms with Crippen molar-refractivity contribution in [2.24, 2.45) is 5.92 Å². The summed E-state index contributed by atoms with van der Waals surface area (Å²) in [6.07, 6.45) is 1.51. The molecule has 1 fully saturated rings. The molecule has 33 heavy (non-hydrogen) atoms. The van der Waals surface area contributed by atoms with Crippen LogP contribution in [0.3, 0.4) is 0 Å². The number of hydrogen-bond donors (Lipinski definition) is 1. The zero-order chi connectivity index (χ0) is 22.8. The fraction of sp³-hybridized carbons (Fsp3) is 0.292. The van der Waals surface area contributed by atoms with Crippen LogP contribution in [0.4, 0.5) is 5.13 Å². The average Bonchev–Trinajstić information content (AvgIpc) is 3.32. The number of nitrogens with one attached hydrogen (secondary N) is 1. The van der Waals surface area contributed by atoms with Gasteiger partial charge in [0.05, 0.1) is 11.6 Å². The minimum Gasteiger partial charge on any atom is -0.486 e. The quantitative estimate of drug-likeness (QED) is 0.580. The van der Waals surface area contributed by atoms with Crippen molar-refractivity contribution in [3.8, 4) is 22.8 Å². The number of hydrogen-bond acceptors (Lipinski definition) is 6. The molecule has 0 aliphatic carbocycles. The van der Waals surface area contributed by atoms with Gasteiger partial charge in [-0.2, -0.15) is 0 Å². The number of nitrogens with zero attached hydrogens (tertiary/aromatic N) is 2. The maximum absolute atomic E-state index is 12.9. The Morgan fingerprint density at radius 1 is 1.09 bits per heavy atom. The molecule has 2 amide bonds. The molecule has 0 saturated carbocycles. The molecule has 0 unspecified atom stereocenters. The van der Waals surface area contributed by atoms with E-state index in [0.29, 0.717) is 47.8 Å². The monoisotopic (exact) mass is 483 g/mol. The van der Waals surface area contributed by atoms with Gasteiger partial charge in [0.25, 0.3) is 5.91 Å². The second kappa shape index (κ2) is 9.41. The molecule has 170 valence electrons. The third-order valence-electron chi connectivity index (χ3n) is 5.74. The van der Waals surface area contributed by atoms with E-state index in [4.69, 9.17) is 21.1 Å². The highest BCUT2D eigenvalue weighted by Crippen LogP contribution is 2.35. The van der Waals surface area contributed by atoms with Gasteiger partial charge in [-0.05, 0) is 55.3 Å². The van der Waals surface area contributed by atoms with Crippen molar-refractivity contribution in [2.75, 3.05) is 31.6 Å². The van der Waals surface area contributed by atoms with Crippen LogP contribution in [0.2, 0.25) is 5.02 Å². The summed E-state index contributed by atoms with van der Waals surface area (Å²) in [5, 5.41) is 5.95. The van der Waals surface area contributed by atoms with E-state index in [1.807, 2.05) is 23.6 Å². The molecule has 3 heterocycles. The molecule has 3 aromatic rings. The second-order valence-electron chi connectivity index (χ2n) is 7.98. The first-order valence-electron chi connectivity index (χ1n) is 10.8. The van der Waals surface area contributed by atoms with Crippen molar-refractivity contribution >= 4 is 39.9 Å². The fourth-order valence-electron chi connectivity index (χ4n) is 4.02. The molecule has 1 saturated heterocycles. The Morgan fingerprint density at radius 3 is 2.70 bits per heavy atom. The van der Waals surface area contributed by atoms with Crippen molar-refractivity contribution in [1.82, 2.24) is 9.88 Å². The molecule has 2 aliphatic heterocycles. The third kappa shape index (κ3) is 4.82. The van der Waals surface area contributed by atoms with E-state index in [-0.39, 0.29) is 17.7 Å². The largest absolute Gasteiger partial charge is 0.486 e. The molecule has 7 nitrogen and oxygen atoms in total. The molecule has 9 heteroatoms. The number of aromatic nitrogens is 1. The summed E-state index contributed by atoms with van der Waals surface area (Å²) in [7, 11) is 0. The number of anilines is 1. The maximum atomic E-state index is 12.9. The summed E-state index contributed by atoms with van der Waals surface area (Å²) in [5.74, 6) is 0.941. The van der Waals surface area contributed by atoms with Gasteiger partial charge in [-0.15, -0.1) is 11.3 Å². The molecular weight excluding hydrogens is 462 g/mol. The highest BCUT2D eigenvalue weighted by atomic mass is 35.5. The van der Waals surface area contributed by atoms with Crippen molar-refractivity contribution in [3.05, 3.63) is 58.4 Å². The van der Waals surface area contributed by atoms with E-state index in [9.17, 15) is 9.59 Å². The highest BCUT2D eigenvalue weighted by molar-refractivity contribution is 7.14. The van der Waals surface area contributed by atoms with Crippen LogP contribution < -0.4 is 14.8 Å². The summed E-state index contributed by atoms with van der Waals surface area (Å²) in [6, 6.07) is 12.5. The lowest BCUT2D eigenvalue weighted by Gasteiger charge is -2.32. The summed E-state index contributed by atoms with van der Waals surface area (Å²) in [5.41, 5.74) is 2.23. The number of carbonyl (C=O) groups excluding carboxylic acids is 2. The van der Waals surface area contributed by atoms with Crippen LogP contribution in [-0.4, -0.2) is 48.0 Å². The van der Waals surface area contributed by atoms with E-state index < -0.39 is 0 Å². The van der Waals surface area contributed by atoms with Gasteiger partial charge >= 0.3 is 0 Å². The van der Waals surface area contributed by atoms with Gasteiger partial charge in [-0.1, -0.05) is 11.6 Å². The Bertz CT molecular complexity index is 1180. The molecule has 5 rings (SSSR count). The van der Waals surface area contributed by atoms with Crippen molar-refractivity contribution in [3.63, 3.8) is 0 Å². The molecule has 2 aromatic carbocycles. The smallest absolute Gasteiger partial charge is 0.253 e. The third-order valence-corrected chi connectivity index (χ3v) is 6.75. The second-order valence-corrected chi connectivity index (χ2v) is 9.28. The molecule has 0 radical (unpaired) electrons. The highest BCUT2D eigenvalue weighted by Gasteiger charge is 2.29. The number of carbonyl (C=O) groups is 2. The normalized spacial score (nSPS) is 17.5. The summed E-state index contributed by atoms with van der Waals surface area (Å²) < 4.78 is 11.2. The fourth-order valence-corrected chi connectivity index (χ4v) is 4.87. The van der Waals surface area contributed by atoms with Gasteiger partial charge in [0.2, 0.25) is 5.91 Å². The lowest BCUT2D eigenvalue weighted by Crippen LogP contribution is -2.43. The molecule has 0 spiro atoms. The number of likely N-dealkylation sites (tertiary alicyclic amines) is 1. The first-order valence-corrected chi connectivity index (χ1v) is 12.0. The number of benzene rings is 2. The number of thiazole rings is 1. The Labute approximate surface area is 200 Å². The zero-order valence-electron chi connectivity index (χ0n) is 17.8. The Hall–Kier alpha value is -3.10. The summed E-state index contributed by atoms with van der Waals surface area (Å²) in [4.78, 5) is 32.0. The molecule has 1 aromatic heterocycles. The lowest BCUT2D eigenvalue weighted by molar-refractivity contribution is -0.121. The topological polar surface area (TPSA) is 80.8 Å². The van der Waals surface area contributed by atoms with Gasteiger partial charge in [0.15, 0.2) is 16.6 Å². The predicted molar refractivity (Wildman–Crippen MR) is 127 cm³/mol. The van der Waals surface area contributed by atoms with Crippen LogP contribution in [0.25, 0.3) is 11.3 Å². The van der Waals surface area contributed by atoms with E-state index in [2.05, 4.69) is 10.3 Å². The van der Waals surface area contributed by atoms with Crippen LogP contribution in [-0.2, 0) is 4.79 Å². The first-order chi connectivity index (χ1) is 16.1. The van der Waals surface area contributed by atoms with Crippen molar-refractivity contribution in [1.29, 1.82) is 0 Å². The average molecular weight is 484 g/mol. The Kier molecular flexibility index (Phi) is 6.20. The van der Waals surface area contributed by atoms with Gasteiger partial charge in [0, 0.05) is 34.6 Å². The van der Waals surface area contributed by atoms with Gasteiger partial charge in [-0.3, -0.25) is 9.59 Å². The Balaban J connectivity index is 1.23. The van der Waals surface area contributed by atoms with E-state index >= 15 is 0 Å². The van der Waals surface area contributed by atoms with Crippen LogP contribution in [0, 0.1) is 5.92 Å². The van der Waals surface area contributed by atoms with E-state index in [1.165, 1.54) is 11.3 Å². The van der Waals surface area contributed by atoms with Gasteiger partial charge in [0.1, 0.15) is 13.2 Å². The number of rotatable bonds is 4.